The van der Waals surface area contributed by atoms with Crippen LogP contribution >= 0.6 is 0 Å². The molecule has 1 aromatic heterocycles. The molecule has 2 aromatic rings. The molecule has 0 amide bonds. The van der Waals surface area contributed by atoms with Gasteiger partial charge in [-0.05, 0) is 25.3 Å². The smallest absolute Gasteiger partial charge is 0.156 e. The van der Waals surface area contributed by atoms with Crippen molar-refractivity contribution in [1.82, 2.24) is 10.1 Å². The van der Waals surface area contributed by atoms with Crippen LogP contribution in [0.3, 0.4) is 0 Å². The Balaban J connectivity index is 1.64. The van der Waals surface area contributed by atoms with Crippen molar-refractivity contribution in [3.63, 3.8) is 0 Å². The SMILES string of the molecule is C#CN=CN(CCC1=CC=C(C#N)CC1)Cc1cc(-c2ccccc2)no1. The van der Waals surface area contributed by atoms with E-state index < -0.39 is 0 Å². The molecule has 0 atom stereocenters. The van der Waals surface area contributed by atoms with Gasteiger partial charge in [0.15, 0.2) is 5.76 Å². The number of rotatable bonds is 7. The van der Waals surface area contributed by atoms with Crippen LogP contribution in [0.5, 0.6) is 0 Å². The fourth-order valence-electron chi connectivity index (χ4n) is 2.89. The van der Waals surface area contributed by atoms with Crippen molar-refractivity contribution >= 4 is 6.34 Å². The predicted octanol–water partition coefficient (Wildman–Crippen LogP) is 4.32. The lowest BCUT2D eigenvalue weighted by atomic mass is 9.97. The molecule has 0 bridgehead atoms. The third-order valence-electron chi connectivity index (χ3n) is 4.38. The van der Waals surface area contributed by atoms with Gasteiger partial charge in [0, 0.05) is 29.8 Å². The second-order valence-electron chi connectivity index (χ2n) is 6.27. The van der Waals surface area contributed by atoms with Crippen molar-refractivity contribution in [3.8, 4) is 29.8 Å². The van der Waals surface area contributed by atoms with Crippen LogP contribution in [0.1, 0.15) is 25.0 Å². The molecular weight excluding hydrogens is 336 g/mol. The molecular formula is C22H20N4O. The molecule has 1 heterocycles. The van der Waals surface area contributed by atoms with E-state index in [1.165, 1.54) is 5.57 Å². The minimum atomic E-state index is 0.539. The average Bonchev–Trinajstić information content (AvgIpc) is 3.19. The van der Waals surface area contributed by atoms with E-state index in [4.69, 9.17) is 16.2 Å². The zero-order valence-electron chi connectivity index (χ0n) is 15.0. The Morgan fingerprint density at radius 3 is 2.81 bits per heavy atom. The Hall–Kier alpha value is -3.57. The van der Waals surface area contributed by atoms with Crippen molar-refractivity contribution in [2.24, 2.45) is 4.99 Å². The summed E-state index contributed by atoms with van der Waals surface area (Å²) in [6.07, 6.45) is 13.5. The van der Waals surface area contributed by atoms with E-state index in [9.17, 15) is 0 Å². The molecule has 0 aliphatic heterocycles. The van der Waals surface area contributed by atoms with E-state index in [2.05, 4.69) is 22.3 Å². The maximum absolute atomic E-state index is 8.93. The Labute approximate surface area is 159 Å². The van der Waals surface area contributed by atoms with Gasteiger partial charge in [0.1, 0.15) is 12.0 Å². The molecule has 0 radical (unpaired) electrons. The number of allylic oxidation sites excluding steroid dienone is 3. The lowest BCUT2D eigenvalue weighted by molar-refractivity contribution is 0.324. The molecule has 0 fully saturated rings. The molecule has 1 aliphatic rings. The van der Waals surface area contributed by atoms with Crippen LogP contribution in [0.25, 0.3) is 11.3 Å². The largest absolute Gasteiger partial charge is 0.359 e. The molecule has 0 saturated carbocycles. The zero-order chi connectivity index (χ0) is 18.9. The van der Waals surface area contributed by atoms with Crippen LogP contribution < -0.4 is 0 Å². The number of aromatic nitrogens is 1. The number of nitriles is 1. The number of aliphatic imine (C=N–C) groups is 1. The highest BCUT2D eigenvalue weighted by atomic mass is 16.5. The molecule has 134 valence electrons. The van der Waals surface area contributed by atoms with E-state index in [1.54, 1.807) is 6.34 Å². The molecule has 0 N–H and O–H groups in total. The lowest BCUT2D eigenvalue weighted by Crippen LogP contribution is -2.23. The first-order valence-corrected chi connectivity index (χ1v) is 8.81. The third-order valence-corrected chi connectivity index (χ3v) is 4.38. The fraction of sp³-hybridized carbons (Fsp3) is 0.227. The van der Waals surface area contributed by atoms with Crippen LogP contribution in [-0.4, -0.2) is 22.9 Å². The monoisotopic (exact) mass is 356 g/mol. The van der Waals surface area contributed by atoms with E-state index in [1.807, 2.05) is 53.5 Å². The number of hydrogen-bond acceptors (Lipinski definition) is 4. The van der Waals surface area contributed by atoms with Crippen LogP contribution in [0.4, 0.5) is 0 Å². The maximum atomic E-state index is 8.93. The lowest BCUT2D eigenvalue weighted by Gasteiger charge is -2.19. The molecule has 3 rings (SSSR count). The van der Waals surface area contributed by atoms with E-state index in [0.717, 1.165) is 48.4 Å². The summed E-state index contributed by atoms with van der Waals surface area (Å²) in [5.41, 5.74) is 3.97. The second kappa shape index (κ2) is 9.22. The van der Waals surface area contributed by atoms with Gasteiger partial charge in [0.25, 0.3) is 0 Å². The zero-order valence-corrected chi connectivity index (χ0v) is 15.0. The number of benzene rings is 1. The van der Waals surface area contributed by atoms with Gasteiger partial charge in [-0.1, -0.05) is 53.6 Å². The summed E-state index contributed by atoms with van der Waals surface area (Å²) in [7, 11) is 0. The van der Waals surface area contributed by atoms with Gasteiger partial charge in [-0.2, -0.15) is 10.3 Å². The van der Waals surface area contributed by atoms with E-state index in [-0.39, 0.29) is 0 Å². The topological polar surface area (TPSA) is 65.4 Å². The summed E-state index contributed by atoms with van der Waals surface area (Å²) in [6.45, 7) is 1.30. The normalized spacial score (nSPS) is 13.6. The summed E-state index contributed by atoms with van der Waals surface area (Å²) in [5.74, 6) is 0.751. The summed E-state index contributed by atoms with van der Waals surface area (Å²) in [6, 6.07) is 16.3. The molecule has 5 nitrogen and oxygen atoms in total. The second-order valence-corrected chi connectivity index (χ2v) is 6.27. The van der Waals surface area contributed by atoms with Crippen molar-refractivity contribution in [2.75, 3.05) is 6.54 Å². The van der Waals surface area contributed by atoms with Gasteiger partial charge >= 0.3 is 0 Å². The number of nitrogens with zero attached hydrogens (tertiary/aromatic N) is 4. The van der Waals surface area contributed by atoms with Gasteiger partial charge in [-0.15, -0.1) is 0 Å². The highest BCUT2D eigenvalue weighted by molar-refractivity contribution is 5.59. The van der Waals surface area contributed by atoms with Crippen molar-refractivity contribution < 1.29 is 4.52 Å². The standard InChI is InChI=1S/C22H20N4O/c1-2-24-17-26(13-12-18-8-10-19(15-23)11-9-18)16-21-14-22(25-27-21)20-6-4-3-5-7-20/h1,3-8,10,14,17H,9,11-13,16H2. The maximum Gasteiger partial charge on any atom is 0.156 e. The van der Waals surface area contributed by atoms with Gasteiger partial charge in [-0.3, -0.25) is 0 Å². The van der Waals surface area contributed by atoms with Gasteiger partial charge in [0.2, 0.25) is 0 Å². The fourth-order valence-corrected chi connectivity index (χ4v) is 2.89. The van der Waals surface area contributed by atoms with Crippen LogP contribution in [0.2, 0.25) is 0 Å². The van der Waals surface area contributed by atoms with Crippen LogP contribution in [-0.2, 0) is 6.54 Å². The molecule has 27 heavy (non-hydrogen) atoms. The van der Waals surface area contributed by atoms with Gasteiger partial charge in [-0.25, -0.2) is 0 Å². The van der Waals surface area contributed by atoms with Crippen LogP contribution in [0, 0.1) is 23.8 Å². The minimum absolute atomic E-state index is 0.539. The van der Waals surface area contributed by atoms with Crippen molar-refractivity contribution in [1.29, 1.82) is 5.26 Å². The van der Waals surface area contributed by atoms with Gasteiger partial charge < -0.3 is 9.42 Å². The number of terminal acetylenes is 1. The van der Waals surface area contributed by atoms with E-state index >= 15 is 0 Å². The van der Waals surface area contributed by atoms with E-state index in [0.29, 0.717) is 6.54 Å². The highest BCUT2D eigenvalue weighted by Gasteiger charge is 2.12. The Bertz CT molecular complexity index is 939. The first kappa shape index (κ1) is 18.2. The van der Waals surface area contributed by atoms with Crippen LogP contribution in [0.15, 0.2) is 69.2 Å². The minimum Gasteiger partial charge on any atom is -0.359 e. The van der Waals surface area contributed by atoms with Crippen molar-refractivity contribution in [3.05, 3.63) is 65.5 Å². The van der Waals surface area contributed by atoms with Gasteiger partial charge in [0.05, 0.1) is 12.6 Å². The van der Waals surface area contributed by atoms with Crippen molar-refractivity contribution in [2.45, 2.75) is 25.8 Å². The Morgan fingerprint density at radius 2 is 2.11 bits per heavy atom. The number of hydrogen-bond donors (Lipinski definition) is 0. The first-order chi connectivity index (χ1) is 13.3. The molecule has 0 spiro atoms. The summed E-state index contributed by atoms with van der Waals surface area (Å²) < 4.78 is 5.48. The Morgan fingerprint density at radius 1 is 1.26 bits per heavy atom. The molecule has 0 saturated heterocycles. The molecule has 5 heteroatoms. The third kappa shape index (κ3) is 5.20. The molecule has 1 aromatic carbocycles. The quantitative estimate of drug-likeness (QED) is 0.421. The summed E-state index contributed by atoms with van der Waals surface area (Å²) in [5, 5.41) is 13.1. The summed E-state index contributed by atoms with van der Waals surface area (Å²) in [4.78, 5) is 5.93. The first-order valence-electron chi connectivity index (χ1n) is 8.81. The molecule has 0 unspecified atom stereocenters. The summed E-state index contributed by atoms with van der Waals surface area (Å²) >= 11 is 0. The average molecular weight is 356 g/mol. The highest BCUT2D eigenvalue weighted by Crippen LogP contribution is 2.22. The predicted molar refractivity (Wildman–Crippen MR) is 105 cm³/mol. The molecule has 1 aliphatic carbocycles. The Kier molecular flexibility index (Phi) is 6.22.